The van der Waals surface area contributed by atoms with Crippen LogP contribution < -0.4 is 5.73 Å². The lowest BCUT2D eigenvalue weighted by atomic mass is 10.1. The van der Waals surface area contributed by atoms with Crippen LogP contribution >= 0.6 is 0 Å². The largest absolute Gasteiger partial charge is 0.480 e. The summed E-state index contributed by atoms with van der Waals surface area (Å²) in [6, 6.07) is 5.16. The highest BCUT2D eigenvalue weighted by Gasteiger charge is 2.09. The Hall–Kier alpha value is -1.42. The van der Waals surface area contributed by atoms with E-state index in [1.165, 1.54) is 0 Å². The third-order valence-corrected chi connectivity index (χ3v) is 2.49. The summed E-state index contributed by atoms with van der Waals surface area (Å²) in [5.74, 6) is -0.912. The number of nitrogens with two attached hydrogens (primary N) is 1. The molecular formula is C12H18N2O2. The summed E-state index contributed by atoms with van der Waals surface area (Å²) in [6.07, 6.45) is 6.18. The number of aryl methyl sites for hydroxylation is 1. The highest BCUT2D eigenvalue weighted by molar-refractivity contribution is 5.72. The topological polar surface area (TPSA) is 76.2 Å². The first-order chi connectivity index (χ1) is 7.70. The van der Waals surface area contributed by atoms with Gasteiger partial charge >= 0.3 is 5.97 Å². The zero-order valence-electron chi connectivity index (χ0n) is 9.30. The van der Waals surface area contributed by atoms with Crippen LogP contribution in [0.3, 0.4) is 0 Å². The molecule has 1 rings (SSSR count). The molecule has 0 spiro atoms. The van der Waals surface area contributed by atoms with Gasteiger partial charge in [-0.1, -0.05) is 18.9 Å². The van der Waals surface area contributed by atoms with Crippen molar-refractivity contribution in [3.05, 3.63) is 30.1 Å². The van der Waals surface area contributed by atoms with E-state index in [4.69, 9.17) is 10.8 Å². The van der Waals surface area contributed by atoms with Crippen LogP contribution in [-0.2, 0) is 11.2 Å². The molecule has 0 amide bonds. The van der Waals surface area contributed by atoms with E-state index in [2.05, 4.69) is 4.98 Å². The van der Waals surface area contributed by atoms with E-state index in [-0.39, 0.29) is 0 Å². The number of pyridine rings is 1. The number of carbonyl (C=O) groups is 1. The summed E-state index contributed by atoms with van der Waals surface area (Å²) in [5.41, 5.74) is 6.49. The maximum Gasteiger partial charge on any atom is 0.320 e. The standard InChI is InChI=1S/C12H18N2O2/c13-11(12(15)16)8-3-1-2-6-10-7-4-5-9-14-10/h4-5,7,9,11H,1-3,6,8,13H2,(H,15,16)/t11-/m0/s1. The predicted octanol–water partition coefficient (Wildman–Crippen LogP) is 1.60. The van der Waals surface area contributed by atoms with E-state index in [0.29, 0.717) is 6.42 Å². The van der Waals surface area contributed by atoms with Crippen molar-refractivity contribution in [3.63, 3.8) is 0 Å². The smallest absolute Gasteiger partial charge is 0.320 e. The number of carboxylic acid groups (broad SMARTS) is 1. The molecule has 0 aliphatic rings. The molecule has 0 aliphatic heterocycles. The van der Waals surface area contributed by atoms with E-state index < -0.39 is 12.0 Å². The van der Waals surface area contributed by atoms with E-state index in [1.54, 1.807) is 6.20 Å². The molecular weight excluding hydrogens is 204 g/mol. The van der Waals surface area contributed by atoms with Gasteiger partial charge < -0.3 is 10.8 Å². The fraction of sp³-hybridized carbons (Fsp3) is 0.500. The summed E-state index contributed by atoms with van der Waals surface area (Å²) in [5, 5.41) is 8.58. The van der Waals surface area contributed by atoms with Crippen LogP contribution in [0.4, 0.5) is 0 Å². The summed E-state index contributed by atoms with van der Waals surface area (Å²) in [4.78, 5) is 14.7. The summed E-state index contributed by atoms with van der Waals surface area (Å²) in [6.45, 7) is 0. The third-order valence-electron chi connectivity index (χ3n) is 2.49. The lowest BCUT2D eigenvalue weighted by molar-refractivity contribution is -0.138. The molecule has 1 aromatic rings. The van der Waals surface area contributed by atoms with Crippen molar-refractivity contribution in [1.29, 1.82) is 0 Å². The fourth-order valence-electron chi connectivity index (χ4n) is 1.52. The van der Waals surface area contributed by atoms with Gasteiger partial charge in [0.15, 0.2) is 0 Å². The predicted molar refractivity (Wildman–Crippen MR) is 62.0 cm³/mol. The Bertz CT molecular complexity index is 314. The first-order valence-electron chi connectivity index (χ1n) is 5.58. The molecule has 0 aromatic carbocycles. The molecule has 1 atom stereocenters. The van der Waals surface area contributed by atoms with Gasteiger partial charge in [0.1, 0.15) is 6.04 Å². The van der Waals surface area contributed by atoms with Crippen LogP contribution in [0.15, 0.2) is 24.4 Å². The average Bonchev–Trinajstić information content (AvgIpc) is 2.29. The Morgan fingerprint density at radius 2 is 2.19 bits per heavy atom. The van der Waals surface area contributed by atoms with Crippen LogP contribution in [-0.4, -0.2) is 22.1 Å². The highest BCUT2D eigenvalue weighted by Crippen LogP contribution is 2.06. The maximum atomic E-state index is 10.4. The Balaban J connectivity index is 2.07. The molecule has 0 radical (unpaired) electrons. The Kier molecular flexibility index (Phi) is 5.50. The van der Waals surface area contributed by atoms with Crippen molar-refractivity contribution in [2.75, 3.05) is 0 Å². The number of aromatic nitrogens is 1. The number of carboxylic acids is 1. The fourth-order valence-corrected chi connectivity index (χ4v) is 1.52. The Morgan fingerprint density at radius 1 is 1.38 bits per heavy atom. The van der Waals surface area contributed by atoms with Gasteiger partial charge in [-0.2, -0.15) is 0 Å². The lowest BCUT2D eigenvalue weighted by Crippen LogP contribution is -2.29. The van der Waals surface area contributed by atoms with E-state index in [0.717, 1.165) is 31.4 Å². The minimum atomic E-state index is -0.912. The van der Waals surface area contributed by atoms with Crippen LogP contribution in [0.2, 0.25) is 0 Å². The highest BCUT2D eigenvalue weighted by atomic mass is 16.4. The molecule has 0 unspecified atom stereocenters. The number of rotatable bonds is 7. The summed E-state index contributed by atoms with van der Waals surface area (Å²) in [7, 11) is 0. The maximum absolute atomic E-state index is 10.4. The molecule has 4 heteroatoms. The van der Waals surface area contributed by atoms with Crippen molar-refractivity contribution >= 4 is 5.97 Å². The van der Waals surface area contributed by atoms with E-state index in [1.807, 2.05) is 18.2 Å². The van der Waals surface area contributed by atoms with Crippen LogP contribution in [0.1, 0.15) is 31.4 Å². The quantitative estimate of drug-likeness (QED) is 0.687. The number of aliphatic carboxylic acids is 1. The molecule has 88 valence electrons. The zero-order valence-corrected chi connectivity index (χ0v) is 9.30. The molecule has 0 fully saturated rings. The van der Waals surface area contributed by atoms with Gasteiger partial charge in [0.25, 0.3) is 0 Å². The monoisotopic (exact) mass is 222 g/mol. The van der Waals surface area contributed by atoms with Crippen molar-refractivity contribution in [2.45, 2.75) is 38.1 Å². The van der Waals surface area contributed by atoms with Gasteiger partial charge in [-0.15, -0.1) is 0 Å². The van der Waals surface area contributed by atoms with Crippen molar-refractivity contribution < 1.29 is 9.90 Å². The van der Waals surface area contributed by atoms with Crippen LogP contribution in [0, 0.1) is 0 Å². The van der Waals surface area contributed by atoms with Gasteiger partial charge in [0.2, 0.25) is 0 Å². The molecule has 0 saturated heterocycles. The number of nitrogens with zero attached hydrogens (tertiary/aromatic N) is 1. The molecule has 0 aliphatic carbocycles. The third kappa shape index (κ3) is 4.89. The van der Waals surface area contributed by atoms with Crippen molar-refractivity contribution in [3.8, 4) is 0 Å². The SMILES string of the molecule is N[C@@H](CCCCCc1ccccn1)C(=O)O. The number of unbranched alkanes of at least 4 members (excludes halogenated alkanes) is 2. The van der Waals surface area contributed by atoms with Gasteiger partial charge in [-0.3, -0.25) is 9.78 Å². The van der Waals surface area contributed by atoms with Gasteiger partial charge in [0.05, 0.1) is 0 Å². The molecule has 4 nitrogen and oxygen atoms in total. The second kappa shape index (κ2) is 6.95. The molecule has 1 aromatic heterocycles. The molecule has 0 bridgehead atoms. The van der Waals surface area contributed by atoms with E-state index >= 15 is 0 Å². The second-order valence-electron chi connectivity index (χ2n) is 3.87. The lowest BCUT2D eigenvalue weighted by Gasteiger charge is -2.05. The van der Waals surface area contributed by atoms with Crippen molar-refractivity contribution in [2.24, 2.45) is 5.73 Å². The van der Waals surface area contributed by atoms with E-state index in [9.17, 15) is 4.79 Å². The minimum Gasteiger partial charge on any atom is -0.480 e. The molecule has 16 heavy (non-hydrogen) atoms. The van der Waals surface area contributed by atoms with Crippen molar-refractivity contribution in [1.82, 2.24) is 4.98 Å². The summed E-state index contributed by atoms with van der Waals surface area (Å²) < 4.78 is 0. The average molecular weight is 222 g/mol. The molecule has 1 heterocycles. The first-order valence-corrected chi connectivity index (χ1v) is 5.58. The van der Waals surface area contributed by atoms with Gasteiger partial charge in [0, 0.05) is 11.9 Å². The van der Waals surface area contributed by atoms with Gasteiger partial charge in [-0.25, -0.2) is 0 Å². The second-order valence-corrected chi connectivity index (χ2v) is 3.87. The van der Waals surface area contributed by atoms with Crippen LogP contribution in [0.5, 0.6) is 0 Å². The molecule has 3 N–H and O–H groups in total. The molecule has 0 saturated carbocycles. The number of hydrogen-bond acceptors (Lipinski definition) is 3. The first kappa shape index (κ1) is 12.6. The number of hydrogen-bond donors (Lipinski definition) is 2. The Labute approximate surface area is 95.5 Å². The summed E-state index contributed by atoms with van der Waals surface area (Å²) >= 11 is 0. The van der Waals surface area contributed by atoms with Gasteiger partial charge in [-0.05, 0) is 31.4 Å². The Morgan fingerprint density at radius 3 is 2.81 bits per heavy atom. The van der Waals surface area contributed by atoms with Crippen LogP contribution in [0.25, 0.3) is 0 Å². The zero-order chi connectivity index (χ0) is 11.8. The minimum absolute atomic E-state index is 0.553. The normalized spacial score (nSPS) is 12.3.